The molecule has 0 aliphatic carbocycles. The molecule has 2 amide bonds. The van der Waals surface area contributed by atoms with Crippen LogP contribution in [0, 0.1) is 6.92 Å². The summed E-state index contributed by atoms with van der Waals surface area (Å²) < 4.78 is 15.1. The van der Waals surface area contributed by atoms with Gasteiger partial charge in [0.05, 0.1) is 31.8 Å². The van der Waals surface area contributed by atoms with E-state index in [1.807, 2.05) is 24.1 Å². The van der Waals surface area contributed by atoms with Gasteiger partial charge in [-0.3, -0.25) is 19.4 Å². The van der Waals surface area contributed by atoms with Crippen LogP contribution in [-0.2, 0) is 27.3 Å². The van der Waals surface area contributed by atoms with E-state index in [2.05, 4.69) is 22.8 Å². The van der Waals surface area contributed by atoms with Gasteiger partial charge in [-0.05, 0) is 71.3 Å². The van der Waals surface area contributed by atoms with Crippen LogP contribution in [0.5, 0.6) is 5.75 Å². The zero-order valence-corrected chi connectivity index (χ0v) is 23.5. The Balaban J connectivity index is 0.000000364. The molecular weight excluding hydrogens is 518 g/mol. The van der Waals surface area contributed by atoms with Gasteiger partial charge in [0.15, 0.2) is 5.76 Å². The van der Waals surface area contributed by atoms with Crippen molar-refractivity contribution >= 4 is 18.1 Å². The molecule has 1 saturated heterocycles. The molecule has 0 spiro atoms. The van der Waals surface area contributed by atoms with Crippen molar-refractivity contribution in [1.82, 2.24) is 20.4 Å². The number of para-hydroxylation sites is 1. The van der Waals surface area contributed by atoms with Crippen LogP contribution < -0.4 is 26.9 Å². The Morgan fingerprint density at radius 1 is 1.25 bits per heavy atom. The van der Waals surface area contributed by atoms with Crippen LogP contribution >= 0.6 is 0 Å². The number of hydrogen-bond acceptors (Lipinski definition) is 10. The number of amides is 2. The molecule has 1 aromatic carbocycles. The topological polar surface area (TPSA) is 160 Å². The molecule has 4 N–H and O–H groups in total. The standard InChI is InChI=1S/C19H31N5O6.C9H10O/c1-12-16(30-19(28)29-12)9-23(2)10-17(26)22-13(11-25)8-21-7-6-14-4-5-15(18(20)27)24(14)3;1-2-6-9-8(4-1)5-3-7-10-9/h11,13-15,21H,4-10H2,1-3H3,(H2,20,27)(H,22,26);1-2,4,6H,3,5,7H2. The third-order valence-corrected chi connectivity index (χ3v) is 7.18. The molecule has 220 valence electrons. The maximum absolute atomic E-state index is 12.2. The molecular formula is C28H41N5O7. The summed E-state index contributed by atoms with van der Waals surface area (Å²) in [4.78, 5) is 49.6. The number of likely N-dealkylation sites (tertiary alicyclic amines) is 1. The first kappa shape index (κ1) is 31.1. The first-order valence-electron chi connectivity index (χ1n) is 13.6. The van der Waals surface area contributed by atoms with Gasteiger partial charge >= 0.3 is 5.82 Å². The van der Waals surface area contributed by atoms with Crippen molar-refractivity contribution in [2.45, 2.75) is 63.7 Å². The number of nitrogens with zero attached hydrogens (tertiary/aromatic N) is 2. The minimum absolute atomic E-state index is 0.0278. The molecule has 2 aromatic rings. The van der Waals surface area contributed by atoms with E-state index in [9.17, 15) is 19.2 Å². The molecule has 2 aliphatic rings. The predicted octanol–water partition coefficient (Wildman–Crippen LogP) is 0.596. The molecule has 0 bridgehead atoms. The van der Waals surface area contributed by atoms with Crippen LogP contribution in [0.3, 0.4) is 0 Å². The van der Waals surface area contributed by atoms with Crippen molar-refractivity contribution in [3.63, 3.8) is 0 Å². The highest BCUT2D eigenvalue weighted by atomic mass is 16.6. The van der Waals surface area contributed by atoms with Gasteiger partial charge in [-0.1, -0.05) is 18.2 Å². The molecule has 12 nitrogen and oxygen atoms in total. The molecule has 3 unspecified atom stereocenters. The summed E-state index contributed by atoms with van der Waals surface area (Å²) in [5.41, 5.74) is 6.75. The summed E-state index contributed by atoms with van der Waals surface area (Å²) in [5, 5.41) is 5.84. The number of carbonyl (C=O) groups excluding carboxylic acids is 3. The van der Waals surface area contributed by atoms with E-state index >= 15 is 0 Å². The second kappa shape index (κ2) is 15.3. The molecule has 0 saturated carbocycles. The lowest BCUT2D eigenvalue weighted by molar-refractivity contribution is -0.124. The Hall–Kier alpha value is -3.48. The van der Waals surface area contributed by atoms with Crippen LogP contribution in [0.1, 0.15) is 42.8 Å². The van der Waals surface area contributed by atoms with Gasteiger partial charge in [0.25, 0.3) is 0 Å². The number of primary amides is 1. The quantitative estimate of drug-likeness (QED) is 0.248. The molecule has 1 fully saturated rings. The van der Waals surface area contributed by atoms with Gasteiger partial charge in [0.2, 0.25) is 11.8 Å². The van der Waals surface area contributed by atoms with Crippen molar-refractivity contribution in [3.8, 4) is 5.75 Å². The van der Waals surface area contributed by atoms with Crippen LogP contribution in [0.2, 0.25) is 0 Å². The number of aldehydes is 1. The van der Waals surface area contributed by atoms with Crippen molar-refractivity contribution in [2.24, 2.45) is 5.73 Å². The van der Waals surface area contributed by atoms with E-state index in [1.54, 1.807) is 18.9 Å². The third kappa shape index (κ3) is 9.32. The number of nitrogens with two attached hydrogens (primary N) is 1. The first-order valence-corrected chi connectivity index (χ1v) is 13.6. The highest BCUT2D eigenvalue weighted by Gasteiger charge is 2.33. The van der Waals surface area contributed by atoms with Crippen molar-refractivity contribution in [2.75, 3.05) is 40.3 Å². The number of rotatable bonds is 12. The number of likely N-dealkylation sites (N-methyl/N-ethyl adjacent to an activating group) is 2. The van der Waals surface area contributed by atoms with Crippen LogP contribution in [-0.4, -0.2) is 86.4 Å². The number of fused-ring (bicyclic) bond motifs is 1. The van der Waals surface area contributed by atoms with Gasteiger partial charge in [-0.15, -0.1) is 0 Å². The fraction of sp³-hybridized carbons (Fsp3) is 0.571. The minimum Gasteiger partial charge on any atom is -0.493 e. The minimum atomic E-state index is -0.776. The number of benzene rings is 1. The van der Waals surface area contributed by atoms with E-state index in [1.165, 1.54) is 12.0 Å². The summed E-state index contributed by atoms with van der Waals surface area (Å²) in [6.45, 7) is 3.72. The van der Waals surface area contributed by atoms with E-state index in [0.29, 0.717) is 30.9 Å². The lowest BCUT2D eigenvalue weighted by atomic mass is 10.1. The average molecular weight is 560 g/mol. The Bertz CT molecular complexity index is 1150. The lowest BCUT2D eigenvalue weighted by Crippen LogP contribution is -2.47. The van der Waals surface area contributed by atoms with Crippen molar-refractivity contribution < 1.29 is 28.0 Å². The van der Waals surface area contributed by atoms with Crippen molar-refractivity contribution in [3.05, 3.63) is 52.0 Å². The SMILES string of the molecule is Cc1oc(=O)oc1CN(C)CC(=O)NC(C=O)CNCCC1CCC(C(N)=O)N1C.c1ccc2c(c1)CCCO2. The maximum Gasteiger partial charge on any atom is 0.519 e. The van der Waals surface area contributed by atoms with Gasteiger partial charge in [-0.2, -0.15) is 0 Å². The number of hydrogen-bond donors (Lipinski definition) is 3. The molecule has 12 heteroatoms. The number of nitrogens with one attached hydrogen (secondary N) is 2. The zero-order valence-electron chi connectivity index (χ0n) is 23.5. The van der Waals surface area contributed by atoms with Crippen molar-refractivity contribution in [1.29, 1.82) is 0 Å². The second-order valence-corrected chi connectivity index (χ2v) is 10.3. The van der Waals surface area contributed by atoms with Gasteiger partial charge in [-0.25, -0.2) is 4.79 Å². The fourth-order valence-electron chi connectivity index (χ4n) is 4.98. The van der Waals surface area contributed by atoms with Gasteiger partial charge in [0, 0.05) is 12.6 Å². The molecule has 4 rings (SSSR count). The summed E-state index contributed by atoms with van der Waals surface area (Å²) >= 11 is 0. The number of ether oxygens (including phenoxy) is 1. The fourth-order valence-corrected chi connectivity index (χ4v) is 4.98. The maximum atomic E-state index is 12.2. The second-order valence-electron chi connectivity index (χ2n) is 10.3. The van der Waals surface area contributed by atoms with E-state index in [0.717, 1.165) is 38.0 Å². The Labute approximate surface area is 234 Å². The molecule has 3 atom stereocenters. The summed E-state index contributed by atoms with van der Waals surface area (Å²) in [6, 6.07) is 7.65. The predicted molar refractivity (Wildman–Crippen MR) is 148 cm³/mol. The highest BCUT2D eigenvalue weighted by Crippen LogP contribution is 2.24. The molecule has 0 radical (unpaired) electrons. The molecule has 40 heavy (non-hydrogen) atoms. The first-order chi connectivity index (χ1) is 19.2. The van der Waals surface area contributed by atoms with Crippen LogP contribution in [0.4, 0.5) is 0 Å². The summed E-state index contributed by atoms with van der Waals surface area (Å²) in [6.07, 6.45) is 5.51. The van der Waals surface area contributed by atoms with E-state index in [4.69, 9.17) is 19.3 Å². The Kier molecular flexibility index (Phi) is 11.9. The normalized spacial score (nSPS) is 19.2. The van der Waals surface area contributed by atoms with Crippen LogP contribution in [0.15, 0.2) is 37.9 Å². The molecule has 3 heterocycles. The molecule has 1 aromatic heterocycles. The summed E-state index contributed by atoms with van der Waals surface area (Å²) in [7, 11) is 3.59. The average Bonchev–Trinajstić information content (AvgIpc) is 3.45. The third-order valence-electron chi connectivity index (χ3n) is 7.18. The Morgan fingerprint density at radius 3 is 2.67 bits per heavy atom. The summed E-state index contributed by atoms with van der Waals surface area (Å²) in [5.74, 6) is 0.415. The highest BCUT2D eigenvalue weighted by molar-refractivity contribution is 5.81. The zero-order chi connectivity index (χ0) is 29.1. The lowest BCUT2D eigenvalue weighted by Gasteiger charge is -2.24. The monoisotopic (exact) mass is 559 g/mol. The number of aryl methyl sites for hydroxylation is 2. The van der Waals surface area contributed by atoms with Gasteiger partial charge < -0.3 is 34.7 Å². The van der Waals surface area contributed by atoms with Crippen LogP contribution in [0.25, 0.3) is 0 Å². The van der Waals surface area contributed by atoms with Gasteiger partial charge in [0.1, 0.15) is 17.8 Å². The largest absolute Gasteiger partial charge is 0.519 e. The van der Waals surface area contributed by atoms with E-state index < -0.39 is 11.9 Å². The Morgan fingerprint density at radius 2 is 2.02 bits per heavy atom. The smallest absolute Gasteiger partial charge is 0.493 e. The molecule has 2 aliphatic heterocycles. The number of carbonyl (C=O) groups is 3. The van der Waals surface area contributed by atoms with E-state index in [-0.39, 0.29) is 37.0 Å².